The van der Waals surface area contributed by atoms with E-state index in [-0.39, 0.29) is 6.61 Å². The van der Waals surface area contributed by atoms with Gasteiger partial charge in [-0.15, -0.1) is 0 Å². The van der Waals surface area contributed by atoms with Gasteiger partial charge in [0.15, 0.2) is 0 Å². The topological polar surface area (TPSA) is 113 Å². The zero-order chi connectivity index (χ0) is 15.6. The first kappa shape index (κ1) is 15.3. The van der Waals surface area contributed by atoms with E-state index >= 15 is 0 Å². The number of carbonyl (C=O) groups is 2. The zero-order valence-corrected chi connectivity index (χ0v) is 11.9. The summed E-state index contributed by atoms with van der Waals surface area (Å²) in [5.41, 5.74) is 0.778. The Kier molecular flexibility index (Phi) is 4.14. The number of hydrogen-bond donors (Lipinski definition) is 2. The van der Waals surface area contributed by atoms with E-state index in [2.05, 4.69) is 5.32 Å². The normalized spacial score (nSPS) is 21.6. The molecule has 0 aliphatic carbocycles. The van der Waals surface area contributed by atoms with E-state index in [1.807, 2.05) is 6.07 Å². The van der Waals surface area contributed by atoms with Crippen LogP contribution < -0.4 is 5.32 Å². The van der Waals surface area contributed by atoms with Gasteiger partial charge < -0.3 is 10.1 Å². The third kappa shape index (κ3) is 3.31. The van der Waals surface area contributed by atoms with Gasteiger partial charge in [0, 0.05) is 0 Å². The average molecular weight is 314 g/mol. The van der Waals surface area contributed by atoms with Gasteiger partial charge in [0.05, 0.1) is 6.04 Å². The minimum Gasteiger partial charge on any atom is -0.445 e. The lowest BCUT2D eigenvalue weighted by molar-refractivity contribution is -0.141. The van der Waals surface area contributed by atoms with Crippen molar-refractivity contribution in [1.29, 1.82) is 0 Å². The van der Waals surface area contributed by atoms with E-state index in [1.165, 1.54) is 6.92 Å². The number of β-lactam (4-membered cyclic amide) rings is 1. The first-order valence-corrected chi connectivity index (χ1v) is 7.48. The summed E-state index contributed by atoms with van der Waals surface area (Å²) < 4.78 is 35.8. The van der Waals surface area contributed by atoms with Crippen LogP contribution in [0.2, 0.25) is 0 Å². The average Bonchev–Trinajstić information content (AvgIpc) is 2.42. The second-order valence-electron chi connectivity index (χ2n) is 4.54. The van der Waals surface area contributed by atoms with Gasteiger partial charge in [-0.2, -0.15) is 8.42 Å². The van der Waals surface area contributed by atoms with Crippen molar-refractivity contribution in [2.45, 2.75) is 25.6 Å². The van der Waals surface area contributed by atoms with Crippen LogP contribution in [0.3, 0.4) is 0 Å². The van der Waals surface area contributed by atoms with Crippen LogP contribution in [-0.2, 0) is 26.4 Å². The zero-order valence-electron chi connectivity index (χ0n) is 11.1. The summed E-state index contributed by atoms with van der Waals surface area (Å²) in [6, 6.07) is 7.04. The number of nitrogens with one attached hydrogen (secondary N) is 1. The fraction of sp³-hybridized carbons (Fsp3) is 0.333. The fourth-order valence-corrected chi connectivity index (χ4v) is 2.88. The van der Waals surface area contributed by atoms with Crippen molar-refractivity contribution in [1.82, 2.24) is 9.62 Å². The highest BCUT2D eigenvalue weighted by molar-refractivity contribution is 7.84. The molecule has 2 rings (SSSR count). The highest BCUT2D eigenvalue weighted by atomic mass is 32.2. The Balaban J connectivity index is 1.86. The maximum absolute atomic E-state index is 11.6. The molecular formula is C12H14N2O6S. The minimum atomic E-state index is -4.60. The summed E-state index contributed by atoms with van der Waals surface area (Å²) in [7, 11) is -4.60. The molecular weight excluding hydrogens is 300 g/mol. The third-order valence-corrected chi connectivity index (χ3v) is 4.08. The molecule has 114 valence electrons. The summed E-state index contributed by atoms with van der Waals surface area (Å²) in [4.78, 5) is 23.1. The number of rotatable bonds is 4. The van der Waals surface area contributed by atoms with E-state index in [0.29, 0.717) is 4.31 Å². The molecule has 0 aromatic heterocycles. The Hall–Kier alpha value is -2.13. The molecule has 1 heterocycles. The molecule has 0 radical (unpaired) electrons. The van der Waals surface area contributed by atoms with Crippen molar-refractivity contribution >= 4 is 22.3 Å². The molecule has 1 aliphatic rings. The minimum absolute atomic E-state index is 0.0317. The summed E-state index contributed by atoms with van der Waals surface area (Å²) in [6.07, 6.45) is -0.834. The van der Waals surface area contributed by atoms with Gasteiger partial charge in [-0.3, -0.25) is 9.35 Å². The Morgan fingerprint density at radius 1 is 1.38 bits per heavy atom. The van der Waals surface area contributed by atoms with E-state index in [9.17, 15) is 18.0 Å². The molecule has 1 aromatic carbocycles. The summed E-state index contributed by atoms with van der Waals surface area (Å²) >= 11 is 0. The van der Waals surface area contributed by atoms with Gasteiger partial charge in [-0.05, 0) is 12.5 Å². The molecule has 2 N–H and O–H groups in total. The first-order chi connectivity index (χ1) is 9.80. The smallest absolute Gasteiger partial charge is 0.408 e. The highest BCUT2D eigenvalue weighted by Crippen LogP contribution is 2.22. The molecule has 1 fully saturated rings. The number of benzene rings is 1. The largest absolute Gasteiger partial charge is 0.445 e. The lowest BCUT2D eigenvalue weighted by atomic mass is 10.0. The third-order valence-electron chi connectivity index (χ3n) is 3.07. The van der Waals surface area contributed by atoms with Crippen LogP contribution in [0.25, 0.3) is 0 Å². The molecule has 1 unspecified atom stereocenters. The summed E-state index contributed by atoms with van der Waals surface area (Å²) in [5, 5.41) is 2.26. The number of carbonyl (C=O) groups excluding carboxylic acids is 2. The molecule has 0 bridgehead atoms. The molecule has 2 atom stereocenters. The Morgan fingerprint density at radius 2 is 2.00 bits per heavy atom. The maximum atomic E-state index is 11.6. The number of alkyl carbamates (subject to hydrolysis) is 1. The Morgan fingerprint density at radius 3 is 2.52 bits per heavy atom. The molecule has 0 spiro atoms. The number of amides is 2. The second-order valence-corrected chi connectivity index (χ2v) is 5.83. The van der Waals surface area contributed by atoms with Crippen LogP contribution in [0.15, 0.2) is 30.3 Å². The standard InChI is InChI=1S/C12H14N2O6S/c1-8-10(11(15)14(8)21(17,18)19)13-12(16)20-7-9-5-3-2-4-6-9/h2-6,8,10H,7H2,1H3,(H,13,16)(H,17,18,19)/t8-,10?/m0/s1. The predicted octanol–water partition coefficient (Wildman–Crippen LogP) is 0.315. The molecule has 9 heteroatoms. The van der Waals surface area contributed by atoms with Crippen molar-refractivity contribution in [2.24, 2.45) is 0 Å². The summed E-state index contributed by atoms with van der Waals surface area (Å²) in [5.74, 6) is -0.901. The van der Waals surface area contributed by atoms with E-state index in [0.717, 1.165) is 5.56 Å². The van der Waals surface area contributed by atoms with Crippen LogP contribution in [0.1, 0.15) is 12.5 Å². The monoisotopic (exact) mass is 314 g/mol. The molecule has 8 nitrogen and oxygen atoms in total. The van der Waals surface area contributed by atoms with E-state index in [1.54, 1.807) is 24.3 Å². The van der Waals surface area contributed by atoms with E-state index < -0.39 is 34.4 Å². The van der Waals surface area contributed by atoms with Gasteiger partial charge in [0.25, 0.3) is 5.91 Å². The van der Waals surface area contributed by atoms with Crippen LogP contribution in [0.5, 0.6) is 0 Å². The van der Waals surface area contributed by atoms with Gasteiger partial charge in [0.1, 0.15) is 12.6 Å². The molecule has 1 saturated heterocycles. The molecule has 2 amide bonds. The van der Waals surface area contributed by atoms with Crippen LogP contribution in [-0.4, -0.2) is 41.4 Å². The maximum Gasteiger partial charge on any atom is 0.408 e. The molecule has 1 aliphatic heterocycles. The number of ether oxygens (including phenoxy) is 1. The summed E-state index contributed by atoms with van der Waals surface area (Å²) in [6.45, 7) is 1.42. The number of nitrogens with zero attached hydrogens (tertiary/aromatic N) is 1. The number of hydrogen-bond acceptors (Lipinski definition) is 5. The van der Waals surface area contributed by atoms with Crippen molar-refractivity contribution in [3.8, 4) is 0 Å². The van der Waals surface area contributed by atoms with Gasteiger partial charge in [-0.1, -0.05) is 30.3 Å². The predicted molar refractivity (Wildman–Crippen MR) is 71.4 cm³/mol. The quantitative estimate of drug-likeness (QED) is 0.611. The SMILES string of the molecule is C[C@H]1C(NC(=O)OCc2ccccc2)C(=O)N1S(=O)(=O)O. The molecule has 0 saturated carbocycles. The van der Waals surface area contributed by atoms with E-state index in [4.69, 9.17) is 9.29 Å². The van der Waals surface area contributed by atoms with Crippen molar-refractivity contribution in [3.63, 3.8) is 0 Å². The Labute approximate surface area is 121 Å². The van der Waals surface area contributed by atoms with Gasteiger partial charge >= 0.3 is 16.4 Å². The molecule has 21 heavy (non-hydrogen) atoms. The van der Waals surface area contributed by atoms with Crippen molar-refractivity contribution in [2.75, 3.05) is 0 Å². The van der Waals surface area contributed by atoms with Crippen LogP contribution in [0, 0.1) is 0 Å². The van der Waals surface area contributed by atoms with Gasteiger partial charge in [-0.25, -0.2) is 9.10 Å². The Bertz CT molecular complexity index is 645. The second kappa shape index (κ2) is 5.70. The van der Waals surface area contributed by atoms with Crippen molar-refractivity contribution < 1.29 is 27.3 Å². The van der Waals surface area contributed by atoms with Crippen molar-refractivity contribution in [3.05, 3.63) is 35.9 Å². The fourth-order valence-electron chi connectivity index (χ4n) is 2.00. The first-order valence-electron chi connectivity index (χ1n) is 6.08. The van der Waals surface area contributed by atoms with Gasteiger partial charge in [0.2, 0.25) is 0 Å². The molecule has 1 aromatic rings. The van der Waals surface area contributed by atoms with Crippen LogP contribution in [0.4, 0.5) is 4.79 Å². The highest BCUT2D eigenvalue weighted by Gasteiger charge is 2.51. The van der Waals surface area contributed by atoms with Crippen LogP contribution >= 0.6 is 0 Å². The lowest BCUT2D eigenvalue weighted by Crippen LogP contribution is -2.70. The lowest BCUT2D eigenvalue weighted by Gasteiger charge is -2.41.